The second kappa shape index (κ2) is 8.93. The molecule has 2 heterocycles. The van der Waals surface area contributed by atoms with E-state index < -0.39 is 0 Å². The standard InChI is InChI=1S/C14H29N3.C2H6/c1-4-16-7-5-14(6-8-16)12-17-10-9-15(3)11-13(17)2;1-2/h13-14H,4-12H2,1-3H3;1-2H3. The Balaban J connectivity index is 0.000000861. The molecule has 2 rings (SSSR count). The molecule has 3 nitrogen and oxygen atoms in total. The Morgan fingerprint density at radius 3 is 2.16 bits per heavy atom. The van der Waals surface area contributed by atoms with Crippen molar-refractivity contribution in [3.05, 3.63) is 0 Å². The smallest absolute Gasteiger partial charge is 0.0195 e. The van der Waals surface area contributed by atoms with Crippen molar-refractivity contribution in [2.24, 2.45) is 5.92 Å². The van der Waals surface area contributed by atoms with Gasteiger partial charge in [0.15, 0.2) is 0 Å². The van der Waals surface area contributed by atoms with Crippen molar-refractivity contribution in [2.75, 3.05) is 52.9 Å². The summed E-state index contributed by atoms with van der Waals surface area (Å²) in [5.74, 6) is 0.948. The second-order valence-electron chi connectivity index (χ2n) is 5.98. The maximum atomic E-state index is 2.71. The summed E-state index contributed by atoms with van der Waals surface area (Å²) < 4.78 is 0. The Morgan fingerprint density at radius 2 is 1.63 bits per heavy atom. The Bertz CT molecular complexity index is 224. The molecule has 19 heavy (non-hydrogen) atoms. The highest BCUT2D eigenvalue weighted by Crippen LogP contribution is 2.20. The van der Waals surface area contributed by atoms with Gasteiger partial charge in [-0.15, -0.1) is 0 Å². The van der Waals surface area contributed by atoms with Crippen molar-refractivity contribution in [3.63, 3.8) is 0 Å². The molecular formula is C16H35N3. The van der Waals surface area contributed by atoms with E-state index in [9.17, 15) is 0 Å². The zero-order chi connectivity index (χ0) is 14.3. The third-order valence-corrected chi connectivity index (χ3v) is 4.62. The normalized spacial score (nSPS) is 27.9. The van der Waals surface area contributed by atoms with E-state index in [0.29, 0.717) is 0 Å². The molecular weight excluding hydrogens is 234 g/mol. The van der Waals surface area contributed by atoms with E-state index in [1.54, 1.807) is 0 Å². The molecule has 0 N–H and O–H groups in total. The summed E-state index contributed by atoms with van der Waals surface area (Å²) in [6, 6.07) is 0.748. The van der Waals surface area contributed by atoms with Crippen LogP contribution >= 0.6 is 0 Å². The van der Waals surface area contributed by atoms with Gasteiger partial charge in [0.1, 0.15) is 0 Å². The first-order valence-corrected chi connectivity index (χ1v) is 8.34. The molecule has 2 aliphatic rings. The van der Waals surface area contributed by atoms with Crippen molar-refractivity contribution < 1.29 is 0 Å². The quantitative estimate of drug-likeness (QED) is 0.779. The van der Waals surface area contributed by atoms with Gasteiger partial charge in [0.05, 0.1) is 0 Å². The van der Waals surface area contributed by atoms with E-state index in [4.69, 9.17) is 0 Å². The van der Waals surface area contributed by atoms with Crippen molar-refractivity contribution >= 4 is 0 Å². The molecule has 114 valence electrons. The predicted octanol–water partition coefficient (Wildman–Crippen LogP) is 2.38. The molecule has 2 aliphatic heterocycles. The van der Waals surface area contributed by atoms with Gasteiger partial charge in [0.2, 0.25) is 0 Å². The molecule has 2 saturated heterocycles. The highest BCUT2D eigenvalue weighted by molar-refractivity contribution is 4.81. The number of nitrogens with zero attached hydrogens (tertiary/aromatic N) is 3. The van der Waals surface area contributed by atoms with Gasteiger partial charge in [-0.2, -0.15) is 0 Å². The molecule has 0 radical (unpaired) electrons. The lowest BCUT2D eigenvalue weighted by atomic mass is 9.95. The van der Waals surface area contributed by atoms with Crippen LogP contribution < -0.4 is 0 Å². The van der Waals surface area contributed by atoms with E-state index in [-0.39, 0.29) is 0 Å². The molecule has 0 aromatic carbocycles. The maximum absolute atomic E-state index is 2.71. The Hall–Kier alpha value is -0.120. The van der Waals surface area contributed by atoms with Crippen LogP contribution in [0.15, 0.2) is 0 Å². The fourth-order valence-corrected chi connectivity index (χ4v) is 3.27. The second-order valence-corrected chi connectivity index (χ2v) is 5.98. The SMILES string of the molecule is CC.CCN1CCC(CN2CCN(C)CC2C)CC1. The van der Waals surface area contributed by atoms with Crippen LogP contribution in [0, 0.1) is 5.92 Å². The van der Waals surface area contributed by atoms with E-state index in [1.165, 1.54) is 58.7 Å². The third-order valence-electron chi connectivity index (χ3n) is 4.62. The van der Waals surface area contributed by atoms with E-state index in [2.05, 4.69) is 35.6 Å². The molecule has 0 amide bonds. The lowest BCUT2D eigenvalue weighted by molar-refractivity contribution is 0.0686. The minimum atomic E-state index is 0.748. The zero-order valence-corrected chi connectivity index (χ0v) is 13.9. The van der Waals surface area contributed by atoms with Crippen LogP contribution in [0.1, 0.15) is 40.5 Å². The highest BCUT2D eigenvalue weighted by atomic mass is 15.3. The van der Waals surface area contributed by atoms with Gasteiger partial charge in [-0.3, -0.25) is 4.90 Å². The highest BCUT2D eigenvalue weighted by Gasteiger charge is 2.25. The fraction of sp³-hybridized carbons (Fsp3) is 1.00. The van der Waals surface area contributed by atoms with E-state index in [0.717, 1.165) is 12.0 Å². The van der Waals surface area contributed by atoms with Gasteiger partial charge in [-0.1, -0.05) is 20.8 Å². The summed E-state index contributed by atoms with van der Waals surface area (Å²) >= 11 is 0. The minimum Gasteiger partial charge on any atom is -0.304 e. The summed E-state index contributed by atoms with van der Waals surface area (Å²) in [5.41, 5.74) is 0. The van der Waals surface area contributed by atoms with Crippen LogP contribution in [0.4, 0.5) is 0 Å². The molecule has 0 saturated carbocycles. The lowest BCUT2D eigenvalue weighted by Crippen LogP contribution is -2.52. The summed E-state index contributed by atoms with van der Waals surface area (Å²) in [6.07, 6.45) is 2.82. The minimum absolute atomic E-state index is 0.748. The lowest BCUT2D eigenvalue weighted by Gasteiger charge is -2.41. The van der Waals surface area contributed by atoms with E-state index in [1.807, 2.05) is 13.8 Å². The average Bonchev–Trinajstić information content (AvgIpc) is 2.45. The molecule has 0 aliphatic carbocycles. The van der Waals surface area contributed by atoms with Gasteiger partial charge in [0.25, 0.3) is 0 Å². The Morgan fingerprint density at radius 1 is 1.00 bits per heavy atom. The van der Waals surface area contributed by atoms with Crippen LogP contribution in [0.3, 0.4) is 0 Å². The summed E-state index contributed by atoms with van der Waals surface area (Å²) in [5, 5.41) is 0. The Kier molecular flexibility index (Phi) is 7.96. The van der Waals surface area contributed by atoms with Gasteiger partial charge in [-0.05, 0) is 52.4 Å². The number of likely N-dealkylation sites (tertiary alicyclic amines) is 1. The first-order chi connectivity index (χ1) is 9.19. The first kappa shape index (κ1) is 16.9. The largest absolute Gasteiger partial charge is 0.304 e. The molecule has 2 fully saturated rings. The maximum Gasteiger partial charge on any atom is 0.0195 e. The van der Waals surface area contributed by atoms with Crippen molar-refractivity contribution in [2.45, 2.75) is 46.6 Å². The van der Waals surface area contributed by atoms with Crippen LogP contribution in [-0.2, 0) is 0 Å². The predicted molar refractivity (Wildman–Crippen MR) is 84.7 cm³/mol. The van der Waals surface area contributed by atoms with Crippen LogP contribution in [0.5, 0.6) is 0 Å². The zero-order valence-electron chi connectivity index (χ0n) is 13.9. The van der Waals surface area contributed by atoms with E-state index >= 15 is 0 Å². The first-order valence-electron chi connectivity index (χ1n) is 8.34. The van der Waals surface area contributed by atoms with Crippen molar-refractivity contribution in [3.8, 4) is 0 Å². The molecule has 3 heteroatoms. The van der Waals surface area contributed by atoms with Gasteiger partial charge < -0.3 is 9.80 Å². The fourth-order valence-electron chi connectivity index (χ4n) is 3.27. The summed E-state index contributed by atoms with van der Waals surface area (Å²) in [4.78, 5) is 7.76. The summed E-state index contributed by atoms with van der Waals surface area (Å²) in [7, 11) is 2.24. The topological polar surface area (TPSA) is 9.72 Å². The molecule has 0 aromatic rings. The van der Waals surface area contributed by atoms with Gasteiger partial charge in [-0.25, -0.2) is 0 Å². The third kappa shape index (κ3) is 5.41. The molecule has 0 bridgehead atoms. The number of piperazine rings is 1. The molecule has 1 atom stereocenters. The monoisotopic (exact) mass is 269 g/mol. The van der Waals surface area contributed by atoms with Crippen LogP contribution in [-0.4, -0.2) is 73.6 Å². The summed E-state index contributed by atoms with van der Waals surface area (Å²) in [6.45, 7) is 17.6. The number of likely N-dealkylation sites (N-methyl/N-ethyl adjacent to an activating group) is 1. The van der Waals surface area contributed by atoms with Gasteiger partial charge in [0, 0.05) is 32.2 Å². The van der Waals surface area contributed by atoms with Gasteiger partial charge >= 0.3 is 0 Å². The molecule has 0 spiro atoms. The number of rotatable bonds is 3. The van der Waals surface area contributed by atoms with Crippen LogP contribution in [0.25, 0.3) is 0 Å². The number of piperidine rings is 1. The molecule has 1 unspecified atom stereocenters. The van der Waals surface area contributed by atoms with Crippen LogP contribution in [0.2, 0.25) is 0 Å². The van der Waals surface area contributed by atoms with Crippen molar-refractivity contribution in [1.82, 2.24) is 14.7 Å². The number of hydrogen-bond acceptors (Lipinski definition) is 3. The molecule has 0 aromatic heterocycles. The number of hydrogen-bond donors (Lipinski definition) is 0. The Labute approximate surface area is 120 Å². The average molecular weight is 269 g/mol. The van der Waals surface area contributed by atoms with Crippen molar-refractivity contribution in [1.29, 1.82) is 0 Å².